The van der Waals surface area contributed by atoms with Crippen molar-refractivity contribution in [2.45, 2.75) is 39.2 Å². The first-order chi connectivity index (χ1) is 11.1. The lowest BCUT2D eigenvalue weighted by Crippen LogP contribution is -2.42. The van der Waals surface area contributed by atoms with Crippen LogP contribution in [0.2, 0.25) is 0 Å². The van der Waals surface area contributed by atoms with Gasteiger partial charge in [-0.25, -0.2) is 4.68 Å². The van der Waals surface area contributed by atoms with Crippen LogP contribution in [0.25, 0.3) is 5.69 Å². The van der Waals surface area contributed by atoms with Gasteiger partial charge in [-0.3, -0.25) is 9.69 Å². The highest BCUT2D eigenvalue weighted by atomic mass is 16.2. The summed E-state index contributed by atoms with van der Waals surface area (Å²) in [6.45, 7) is 5.58. The molecule has 1 saturated heterocycles. The first-order valence-corrected chi connectivity index (χ1v) is 8.29. The summed E-state index contributed by atoms with van der Waals surface area (Å²) in [7, 11) is 0. The van der Waals surface area contributed by atoms with E-state index in [9.17, 15) is 4.79 Å². The van der Waals surface area contributed by atoms with Gasteiger partial charge < -0.3 is 5.32 Å². The van der Waals surface area contributed by atoms with Gasteiger partial charge in [0.2, 0.25) is 5.91 Å². The molecule has 1 aromatic heterocycles. The van der Waals surface area contributed by atoms with Gasteiger partial charge in [0, 0.05) is 12.1 Å². The fourth-order valence-corrected chi connectivity index (χ4v) is 3.11. The van der Waals surface area contributed by atoms with Crippen molar-refractivity contribution in [2.75, 3.05) is 18.4 Å². The minimum Gasteiger partial charge on any atom is -0.309 e. The van der Waals surface area contributed by atoms with Crippen LogP contribution in [0.15, 0.2) is 36.4 Å². The van der Waals surface area contributed by atoms with Crippen molar-refractivity contribution in [3.8, 4) is 5.69 Å². The zero-order valence-corrected chi connectivity index (χ0v) is 13.8. The van der Waals surface area contributed by atoms with Gasteiger partial charge in [0.05, 0.1) is 17.9 Å². The van der Waals surface area contributed by atoms with Gasteiger partial charge in [0.1, 0.15) is 5.82 Å². The van der Waals surface area contributed by atoms with Crippen LogP contribution in [0, 0.1) is 6.92 Å². The second-order valence-corrected chi connectivity index (χ2v) is 6.28. The zero-order valence-electron chi connectivity index (χ0n) is 13.8. The van der Waals surface area contributed by atoms with Crippen LogP contribution < -0.4 is 5.32 Å². The molecule has 0 saturated carbocycles. The highest BCUT2D eigenvalue weighted by molar-refractivity contribution is 5.91. The molecule has 1 fully saturated rings. The molecule has 2 heterocycles. The summed E-state index contributed by atoms with van der Waals surface area (Å²) in [5, 5.41) is 7.50. The average Bonchev–Trinajstić information content (AvgIpc) is 2.91. The molecule has 1 amide bonds. The number of piperidine rings is 1. The quantitative estimate of drug-likeness (QED) is 0.944. The van der Waals surface area contributed by atoms with Crippen LogP contribution in [-0.4, -0.2) is 39.7 Å². The predicted octanol–water partition coefficient (Wildman–Crippen LogP) is 2.99. The summed E-state index contributed by atoms with van der Waals surface area (Å²) >= 11 is 0. The first-order valence-electron chi connectivity index (χ1n) is 8.29. The fourth-order valence-electron chi connectivity index (χ4n) is 3.11. The lowest BCUT2D eigenvalue weighted by Gasteiger charge is -2.32. The molecule has 1 aromatic carbocycles. The van der Waals surface area contributed by atoms with Crippen LogP contribution in [0.4, 0.5) is 5.82 Å². The molecular weight excluding hydrogens is 288 g/mol. The van der Waals surface area contributed by atoms with E-state index in [1.807, 2.05) is 43.3 Å². The number of rotatable bonds is 4. The van der Waals surface area contributed by atoms with E-state index in [0.717, 1.165) is 23.7 Å². The van der Waals surface area contributed by atoms with Gasteiger partial charge in [0.15, 0.2) is 0 Å². The Morgan fingerprint density at radius 3 is 2.83 bits per heavy atom. The Labute approximate surface area is 137 Å². The summed E-state index contributed by atoms with van der Waals surface area (Å²) in [4.78, 5) is 14.7. The lowest BCUT2D eigenvalue weighted by molar-refractivity contribution is -0.118. The Hall–Kier alpha value is -2.14. The van der Waals surface area contributed by atoms with E-state index >= 15 is 0 Å². The van der Waals surface area contributed by atoms with E-state index < -0.39 is 0 Å². The SMILES string of the molecule is Cc1cc(NC(=O)CN2CCCCC2C)n(-c2ccccc2)n1. The zero-order chi connectivity index (χ0) is 16.2. The number of carbonyl (C=O) groups is 1. The standard InChI is InChI=1S/C18H24N4O/c1-14-12-17(22(20-14)16-9-4-3-5-10-16)19-18(23)13-21-11-7-6-8-15(21)2/h3-5,9-10,12,15H,6-8,11,13H2,1-2H3,(H,19,23). The van der Waals surface area contributed by atoms with Gasteiger partial charge in [0.25, 0.3) is 0 Å². The smallest absolute Gasteiger partial charge is 0.239 e. The maximum atomic E-state index is 12.4. The number of para-hydroxylation sites is 1. The van der Waals surface area contributed by atoms with E-state index in [0.29, 0.717) is 12.6 Å². The van der Waals surface area contributed by atoms with Gasteiger partial charge in [-0.2, -0.15) is 5.10 Å². The third-order valence-electron chi connectivity index (χ3n) is 4.39. The maximum absolute atomic E-state index is 12.4. The van der Waals surface area contributed by atoms with Crippen LogP contribution in [-0.2, 0) is 4.79 Å². The number of nitrogens with zero attached hydrogens (tertiary/aromatic N) is 3. The number of anilines is 1. The molecule has 5 heteroatoms. The number of aryl methyl sites for hydroxylation is 1. The topological polar surface area (TPSA) is 50.2 Å². The molecule has 1 aliphatic rings. The van der Waals surface area contributed by atoms with Crippen molar-refractivity contribution in [3.63, 3.8) is 0 Å². The molecule has 3 rings (SSSR count). The summed E-state index contributed by atoms with van der Waals surface area (Å²) in [6.07, 6.45) is 3.62. The second-order valence-electron chi connectivity index (χ2n) is 6.28. The summed E-state index contributed by atoms with van der Waals surface area (Å²) in [5.41, 5.74) is 1.83. The van der Waals surface area contributed by atoms with E-state index in [4.69, 9.17) is 0 Å². The van der Waals surface area contributed by atoms with E-state index in [1.165, 1.54) is 19.3 Å². The number of hydrogen-bond acceptors (Lipinski definition) is 3. The van der Waals surface area contributed by atoms with E-state index in [2.05, 4.69) is 22.2 Å². The first kappa shape index (κ1) is 15.7. The lowest BCUT2D eigenvalue weighted by atomic mass is 10.0. The van der Waals surface area contributed by atoms with Crippen molar-refractivity contribution in [2.24, 2.45) is 0 Å². The third kappa shape index (κ3) is 3.79. The molecule has 0 aliphatic carbocycles. The van der Waals surface area contributed by atoms with Crippen molar-refractivity contribution < 1.29 is 4.79 Å². The molecule has 1 atom stereocenters. The van der Waals surface area contributed by atoms with Crippen molar-refractivity contribution >= 4 is 11.7 Å². The number of benzene rings is 1. The monoisotopic (exact) mass is 312 g/mol. The number of aromatic nitrogens is 2. The highest BCUT2D eigenvalue weighted by Crippen LogP contribution is 2.18. The van der Waals surface area contributed by atoms with Crippen molar-refractivity contribution in [1.82, 2.24) is 14.7 Å². The summed E-state index contributed by atoms with van der Waals surface area (Å²) < 4.78 is 1.78. The number of nitrogens with one attached hydrogen (secondary N) is 1. The van der Waals surface area contributed by atoms with E-state index in [-0.39, 0.29) is 5.91 Å². The van der Waals surface area contributed by atoms with E-state index in [1.54, 1.807) is 4.68 Å². The minimum absolute atomic E-state index is 0.0239. The largest absolute Gasteiger partial charge is 0.309 e. The Kier molecular flexibility index (Phi) is 4.76. The normalized spacial score (nSPS) is 18.8. The number of amides is 1. The van der Waals surface area contributed by atoms with Gasteiger partial charge in [-0.15, -0.1) is 0 Å². The van der Waals surface area contributed by atoms with Crippen molar-refractivity contribution in [1.29, 1.82) is 0 Å². The van der Waals surface area contributed by atoms with Gasteiger partial charge >= 0.3 is 0 Å². The predicted molar refractivity (Wildman–Crippen MR) is 91.8 cm³/mol. The van der Waals surface area contributed by atoms with Gasteiger partial charge in [-0.1, -0.05) is 24.6 Å². The Morgan fingerprint density at radius 2 is 2.09 bits per heavy atom. The Morgan fingerprint density at radius 1 is 1.30 bits per heavy atom. The van der Waals surface area contributed by atoms with Crippen LogP contribution >= 0.6 is 0 Å². The van der Waals surface area contributed by atoms with Crippen LogP contribution in [0.5, 0.6) is 0 Å². The minimum atomic E-state index is 0.0239. The molecule has 122 valence electrons. The molecule has 1 N–H and O–H groups in total. The summed E-state index contributed by atoms with van der Waals surface area (Å²) in [5.74, 6) is 0.749. The molecular formula is C18H24N4O. The number of hydrogen-bond donors (Lipinski definition) is 1. The van der Waals surface area contributed by atoms with Crippen LogP contribution in [0.3, 0.4) is 0 Å². The molecule has 0 radical (unpaired) electrons. The number of likely N-dealkylation sites (tertiary alicyclic amines) is 1. The number of carbonyl (C=O) groups excluding carboxylic acids is 1. The molecule has 0 bridgehead atoms. The average molecular weight is 312 g/mol. The Bertz CT molecular complexity index is 665. The molecule has 1 aliphatic heterocycles. The fraction of sp³-hybridized carbons (Fsp3) is 0.444. The van der Waals surface area contributed by atoms with Crippen LogP contribution in [0.1, 0.15) is 31.9 Å². The second kappa shape index (κ2) is 6.96. The Balaban J connectivity index is 1.71. The van der Waals surface area contributed by atoms with Gasteiger partial charge in [-0.05, 0) is 45.4 Å². The molecule has 23 heavy (non-hydrogen) atoms. The molecule has 5 nitrogen and oxygen atoms in total. The highest BCUT2D eigenvalue weighted by Gasteiger charge is 2.21. The molecule has 2 aromatic rings. The molecule has 0 spiro atoms. The molecule has 1 unspecified atom stereocenters. The summed E-state index contributed by atoms with van der Waals surface area (Å²) in [6, 6.07) is 12.3. The third-order valence-corrected chi connectivity index (χ3v) is 4.39. The van der Waals surface area contributed by atoms with Crippen molar-refractivity contribution in [3.05, 3.63) is 42.1 Å². The maximum Gasteiger partial charge on any atom is 0.239 e.